The lowest BCUT2D eigenvalue weighted by Gasteiger charge is -2.33. The molecule has 132 valence electrons. The van der Waals surface area contributed by atoms with Crippen LogP contribution in [0.2, 0.25) is 0 Å². The monoisotopic (exact) mass is 339 g/mol. The number of carbonyl (C=O) groups excluding carboxylic acids is 1. The standard InChI is InChI=1S/C19H25N5O/c1-3-23-10-12-24(13-11-23)18(25)17-8-9-20-19(22-17)21-14-16-7-5-4-6-15(16)2/h4-9H,3,10-14H2,1-2H3,(H,20,21,22). The van der Waals surface area contributed by atoms with E-state index in [0.717, 1.165) is 32.7 Å². The second-order valence-electron chi connectivity index (χ2n) is 6.27. The summed E-state index contributed by atoms with van der Waals surface area (Å²) in [7, 11) is 0. The molecule has 1 amide bonds. The average molecular weight is 339 g/mol. The van der Waals surface area contributed by atoms with Gasteiger partial charge in [0.25, 0.3) is 5.91 Å². The molecule has 1 aromatic heterocycles. The number of benzene rings is 1. The van der Waals surface area contributed by atoms with Gasteiger partial charge in [-0.2, -0.15) is 0 Å². The molecule has 6 heteroatoms. The molecule has 1 saturated heterocycles. The molecule has 1 aromatic carbocycles. The van der Waals surface area contributed by atoms with Crippen molar-refractivity contribution in [1.82, 2.24) is 19.8 Å². The number of carbonyl (C=O) groups is 1. The van der Waals surface area contributed by atoms with E-state index < -0.39 is 0 Å². The third kappa shape index (κ3) is 4.33. The van der Waals surface area contributed by atoms with Crippen molar-refractivity contribution >= 4 is 11.9 Å². The fourth-order valence-corrected chi connectivity index (χ4v) is 2.97. The summed E-state index contributed by atoms with van der Waals surface area (Å²) in [4.78, 5) is 25.5. The third-order valence-electron chi connectivity index (χ3n) is 4.68. The van der Waals surface area contributed by atoms with Crippen molar-refractivity contribution in [2.45, 2.75) is 20.4 Å². The summed E-state index contributed by atoms with van der Waals surface area (Å²) in [5, 5.41) is 3.21. The minimum atomic E-state index is -0.0166. The smallest absolute Gasteiger partial charge is 0.272 e. The highest BCUT2D eigenvalue weighted by Gasteiger charge is 2.22. The first-order valence-electron chi connectivity index (χ1n) is 8.80. The second kappa shape index (κ2) is 8.07. The molecular formula is C19H25N5O. The van der Waals surface area contributed by atoms with Gasteiger partial charge in [-0.25, -0.2) is 9.97 Å². The van der Waals surface area contributed by atoms with Crippen LogP contribution in [0.15, 0.2) is 36.5 Å². The maximum Gasteiger partial charge on any atom is 0.272 e. The average Bonchev–Trinajstić information content (AvgIpc) is 2.67. The third-order valence-corrected chi connectivity index (χ3v) is 4.68. The van der Waals surface area contributed by atoms with Crippen LogP contribution in [-0.2, 0) is 6.54 Å². The summed E-state index contributed by atoms with van der Waals surface area (Å²) in [5.41, 5.74) is 2.86. The Morgan fingerprint density at radius 1 is 1.16 bits per heavy atom. The summed E-state index contributed by atoms with van der Waals surface area (Å²) >= 11 is 0. The largest absolute Gasteiger partial charge is 0.350 e. The second-order valence-corrected chi connectivity index (χ2v) is 6.27. The molecule has 2 heterocycles. The minimum absolute atomic E-state index is 0.0166. The van der Waals surface area contributed by atoms with E-state index in [-0.39, 0.29) is 5.91 Å². The molecule has 1 aliphatic rings. The summed E-state index contributed by atoms with van der Waals surface area (Å²) < 4.78 is 0. The highest BCUT2D eigenvalue weighted by atomic mass is 16.2. The van der Waals surface area contributed by atoms with Gasteiger partial charge in [0.2, 0.25) is 5.95 Å². The van der Waals surface area contributed by atoms with Crippen molar-refractivity contribution in [3.63, 3.8) is 0 Å². The number of aromatic nitrogens is 2. The van der Waals surface area contributed by atoms with Crippen molar-refractivity contribution in [1.29, 1.82) is 0 Å². The first-order chi connectivity index (χ1) is 12.2. The van der Waals surface area contributed by atoms with Crippen LogP contribution in [0.5, 0.6) is 0 Å². The Balaban J connectivity index is 1.63. The van der Waals surface area contributed by atoms with E-state index in [1.165, 1.54) is 11.1 Å². The number of nitrogens with one attached hydrogen (secondary N) is 1. The molecule has 0 saturated carbocycles. The van der Waals surface area contributed by atoms with Crippen LogP contribution >= 0.6 is 0 Å². The van der Waals surface area contributed by atoms with Gasteiger partial charge >= 0.3 is 0 Å². The molecule has 0 unspecified atom stereocenters. The maximum absolute atomic E-state index is 12.7. The number of nitrogens with zero attached hydrogens (tertiary/aromatic N) is 4. The van der Waals surface area contributed by atoms with Crippen LogP contribution < -0.4 is 5.32 Å². The Morgan fingerprint density at radius 3 is 2.64 bits per heavy atom. The number of hydrogen-bond acceptors (Lipinski definition) is 5. The van der Waals surface area contributed by atoms with Gasteiger partial charge in [-0.15, -0.1) is 0 Å². The van der Waals surface area contributed by atoms with E-state index >= 15 is 0 Å². The topological polar surface area (TPSA) is 61.4 Å². The van der Waals surface area contributed by atoms with Crippen LogP contribution in [0, 0.1) is 6.92 Å². The van der Waals surface area contributed by atoms with E-state index in [0.29, 0.717) is 18.2 Å². The molecule has 1 fully saturated rings. The van der Waals surface area contributed by atoms with Crippen molar-refractivity contribution in [3.05, 3.63) is 53.3 Å². The Hall–Kier alpha value is -2.47. The molecule has 0 bridgehead atoms. The van der Waals surface area contributed by atoms with Crippen molar-refractivity contribution < 1.29 is 4.79 Å². The predicted octanol–water partition coefficient (Wildman–Crippen LogP) is 2.17. The molecule has 1 aliphatic heterocycles. The maximum atomic E-state index is 12.7. The van der Waals surface area contributed by atoms with E-state index in [9.17, 15) is 4.79 Å². The zero-order valence-electron chi connectivity index (χ0n) is 14.9. The highest BCUT2D eigenvalue weighted by molar-refractivity contribution is 5.92. The summed E-state index contributed by atoms with van der Waals surface area (Å²) in [6.45, 7) is 9.24. The minimum Gasteiger partial charge on any atom is -0.350 e. The van der Waals surface area contributed by atoms with Gasteiger partial charge in [-0.3, -0.25) is 4.79 Å². The van der Waals surface area contributed by atoms with Crippen LogP contribution in [0.1, 0.15) is 28.5 Å². The Morgan fingerprint density at radius 2 is 1.92 bits per heavy atom. The van der Waals surface area contributed by atoms with Crippen molar-refractivity contribution in [2.24, 2.45) is 0 Å². The zero-order chi connectivity index (χ0) is 17.6. The lowest BCUT2D eigenvalue weighted by Crippen LogP contribution is -2.48. The van der Waals surface area contributed by atoms with E-state index in [2.05, 4.69) is 46.2 Å². The molecule has 2 aromatic rings. The molecule has 6 nitrogen and oxygen atoms in total. The number of likely N-dealkylation sites (N-methyl/N-ethyl adjacent to an activating group) is 1. The predicted molar refractivity (Wildman–Crippen MR) is 98.6 cm³/mol. The number of piperazine rings is 1. The number of aryl methyl sites for hydroxylation is 1. The van der Waals surface area contributed by atoms with Crippen LogP contribution in [0.25, 0.3) is 0 Å². The summed E-state index contributed by atoms with van der Waals surface area (Å²) in [6.07, 6.45) is 1.64. The zero-order valence-corrected chi connectivity index (χ0v) is 14.9. The summed E-state index contributed by atoms with van der Waals surface area (Å²) in [5.74, 6) is 0.471. The highest BCUT2D eigenvalue weighted by Crippen LogP contribution is 2.11. The van der Waals surface area contributed by atoms with E-state index in [4.69, 9.17) is 0 Å². The van der Waals surface area contributed by atoms with Gasteiger partial charge in [0.05, 0.1) is 0 Å². The number of anilines is 1. The molecule has 0 atom stereocenters. The van der Waals surface area contributed by atoms with Gasteiger partial charge in [-0.05, 0) is 30.7 Å². The Labute approximate surface area is 148 Å². The molecule has 0 radical (unpaired) electrons. The van der Waals surface area contributed by atoms with Gasteiger partial charge < -0.3 is 15.1 Å². The summed E-state index contributed by atoms with van der Waals surface area (Å²) in [6, 6.07) is 9.87. The Kier molecular flexibility index (Phi) is 5.60. The normalized spacial score (nSPS) is 15.2. The van der Waals surface area contributed by atoms with Gasteiger partial charge in [-0.1, -0.05) is 31.2 Å². The van der Waals surface area contributed by atoms with Gasteiger partial charge in [0.1, 0.15) is 5.69 Å². The molecule has 0 aliphatic carbocycles. The SMILES string of the molecule is CCN1CCN(C(=O)c2ccnc(NCc3ccccc3C)n2)CC1. The van der Waals surface area contributed by atoms with Crippen molar-refractivity contribution in [2.75, 3.05) is 38.0 Å². The number of amides is 1. The fraction of sp³-hybridized carbons (Fsp3) is 0.421. The molecular weight excluding hydrogens is 314 g/mol. The molecule has 0 spiro atoms. The quantitative estimate of drug-likeness (QED) is 0.905. The van der Waals surface area contributed by atoms with E-state index in [1.54, 1.807) is 12.3 Å². The lowest BCUT2D eigenvalue weighted by molar-refractivity contribution is 0.0637. The number of hydrogen-bond donors (Lipinski definition) is 1. The van der Waals surface area contributed by atoms with Crippen LogP contribution in [-0.4, -0.2) is 58.4 Å². The first-order valence-corrected chi connectivity index (χ1v) is 8.80. The van der Waals surface area contributed by atoms with Crippen LogP contribution in [0.3, 0.4) is 0 Å². The number of rotatable bonds is 5. The van der Waals surface area contributed by atoms with Crippen molar-refractivity contribution in [3.8, 4) is 0 Å². The molecule has 3 rings (SSSR count). The molecule has 25 heavy (non-hydrogen) atoms. The van der Waals surface area contributed by atoms with Gasteiger partial charge in [0.15, 0.2) is 0 Å². The van der Waals surface area contributed by atoms with Crippen LogP contribution in [0.4, 0.5) is 5.95 Å². The van der Waals surface area contributed by atoms with E-state index in [1.807, 2.05) is 17.0 Å². The Bertz CT molecular complexity index is 725. The molecule has 1 N–H and O–H groups in total. The first kappa shape index (κ1) is 17.4. The fourth-order valence-electron chi connectivity index (χ4n) is 2.97. The lowest BCUT2D eigenvalue weighted by atomic mass is 10.1. The van der Waals surface area contributed by atoms with Gasteiger partial charge in [0, 0.05) is 38.9 Å².